The van der Waals surface area contributed by atoms with Gasteiger partial charge in [-0.1, -0.05) is 28.8 Å². The first kappa shape index (κ1) is 16.1. The van der Waals surface area contributed by atoms with Crippen LogP contribution in [0.4, 0.5) is 0 Å². The number of pyridine rings is 1. The molecule has 0 aromatic carbocycles. The van der Waals surface area contributed by atoms with E-state index in [1.807, 2.05) is 12.3 Å². The van der Waals surface area contributed by atoms with Crippen molar-refractivity contribution in [1.82, 2.24) is 4.98 Å². The van der Waals surface area contributed by atoms with Gasteiger partial charge in [0.05, 0.1) is 0 Å². The molecule has 0 atom stereocenters. The van der Waals surface area contributed by atoms with Crippen LogP contribution in [0, 0.1) is 0 Å². The van der Waals surface area contributed by atoms with Crippen molar-refractivity contribution >= 4 is 31.9 Å². The number of halogens is 2. The second-order valence-corrected chi connectivity index (χ2v) is 6.00. The summed E-state index contributed by atoms with van der Waals surface area (Å²) in [5.41, 5.74) is 1.14. The number of unbranched alkanes of at least 4 members (excludes halogenated alkanes) is 3. The van der Waals surface area contributed by atoms with Crippen molar-refractivity contribution in [2.24, 2.45) is 0 Å². The zero-order valence-electron chi connectivity index (χ0n) is 10.7. The van der Waals surface area contributed by atoms with Gasteiger partial charge >= 0.3 is 0 Å². The lowest BCUT2D eigenvalue weighted by molar-refractivity contribution is 0.127. The Balaban J connectivity index is 1.91. The maximum absolute atomic E-state index is 5.61. The second-order valence-electron chi connectivity index (χ2n) is 4.29. The SMILES string of the molecule is BrCCCCCCOCCCc1ccc(Br)cn1. The van der Waals surface area contributed by atoms with Gasteiger partial charge in [0.15, 0.2) is 0 Å². The van der Waals surface area contributed by atoms with Crippen LogP contribution in [0.25, 0.3) is 0 Å². The van der Waals surface area contributed by atoms with Crippen LogP contribution in [0.1, 0.15) is 37.8 Å². The minimum atomic E-state index is 0.843. The third-order valence-electron chi connectivity index (χ3n) is 2.68. The summed E-state index contributed by atoms with van der Waals surface area (Å²) >= 11 is 6.82. The molecule has 0 fully saturated rings. The first-order valence-corrected chi connectivity index (χ1v) is 8.48. The minimum absolute atomic E-state index is 0.843. The van der Waals surface area contributed by atoms with Gasteiger partial charge < -0.3 is 4.74 Å². The van der Waals surface area contributed by atoms with Crippen LogP contribution in [0.2, 0.25) is 0 Å². The Morgan fingerprint density at radius 2 is 1.78 bits per heavy atom. The van der Waals surface area contributed by atoms with Gasteiger partial charge in [0.1, 0.15) is 0 Å². The highest BCUT2D eigenvalue weighted by Gasteiger charge is 1.96. The molecule has 0 unspecified atom stereocenters. The number of rotatable bonds is 10. The molecule has 4 heteroatoms. The van der Waals surface area contributed by atoms with Crippen molar-refractivity contribution in [2.75, 3.05) is 18.5 Å². The number of aryl methyl sites for hydroxylation is 1. The summed E-state index contributed by atoms with van der Waals surface area (Å²) in [6.07, 6.45) is 8.93. The Bertz CT molecular complexity index is 303. The lowest BCUT2D eigenvalue weighted by Crippen LogP contribution is -1.99. The molecule has 0 aliphatic carbocycles. The zero-order valence-corrected chi connectivity index (χ0v) is 13.9. The molecule has 1 rings (SSSR count). The molecule has 1 aromatic heterocycles. The molecule has 0 N–H and O–H groups in total. The normalized spacial score (nSPS) is 10.8. The molecule has 0 aliphatic rings. The quantitative estimate of drug-likeness (QED) is 0.433. The zero-order chi connectivity index (χ0) is 13.1. The van der Waals surface area contributed by atoms with Crippen molar-refractivity contribution < 1.29 is 4.74 Å². The molecular weight excluding hydrogens is 358 g/mol. The van der Waals surface area contributed by atoms with Gasteiger partial charge in [0.2, 0.25) is 0 Å². The van der Waals surface area contributed by atoms with Crippen molar-refractivity contribution in [2.45, 2.75) is 38.5 Å². The van der Waals surface area contributed by atoms with E-state index in [0.717, 1.165) is 41.6 Å². The van der Waals surface area contributed by atoms with Gasteiger partial charge in [0, 0.05) is 34.9 Å². The van der Waals surface area contributed by atoms with Crippen molar-refractivity contribution in [3.63, 3.8) is 0 Å². The maximum atomic E-state index is 5.61. The van der Waals surface area contributed by atoms with E-state index in [-0.39, 0.29) is 0 Å². The highest BCUT2D eigenvalue weighted by atomic mass is 79.9. The molecule has 0 bridgehead atoms. The first-order valence-electron chi connectivity index (χ1n) is 6.57. The summed E-state index contributed by atoms with van der Waals surface area (Å²) in [7, 11) is 0. The topological polar surface area (TPSA) is 22.1 Å². The van der Waals surface area contributed by atoms with Crippen LogP contribution in [0.5, 0.6) is 0 Å². The van der Waals surface area contributed by atoms with E-state index >= 15 is 0 Å². The van der Waals surface area contributed by atoms with Crippen molar-refractivity contribution in [3.05, 3.63) is 28.5 Å². The van der Waals surface area contributed by atoms with Crippen LogP contribution in [0.3, 0.4) is 0 Å². The molecule has 0 aliphatic heterocycles. The lowest BCUT2D eigenvalue weighted by atomic mass is 10.2. The van der Waals surface area contributed by atoms with E-state index in [0.29, 0.717) is 0 Å². The molecule has 0 saturated carbocycles. The number of ether oxygens (including phenoxy) is 1. The number of nitrogens with zero attached hydrogens (tertiary/aromatic N) is 1. The van der Waals surface area contributed by atoms with E-state index in [4.69, 9.17) is 4.74 Å². The van der Waals surface area contributed by atoms with E-state index in [9.17, 15) is 0 Å². The number of hydrogen-bond donors (Lipinski definition) is 0. The van der Waals surface area contributed by atoms with Crippen molar-refractivity contribution in [1.29, 1.82) is 0 Å². The lowest BCUT2D eigenvalue weighted by Gasteiger charge is -2.04. The molecule has 102 valence electrons. The molecule has 2 nitrogen and oxygen atoms in total. The molecule has 1 heterocycles. The average molecular weight is 379 g/mol. The smallest absolute Gasteiger partial charge is 0.0469 e. The molecule has 0 spiro atoms. The van der Waals surface area contributed by atoms with Gasteiger partial charge in [-0.05, 0) is 53.7 Å². The summed E-state index contributed by atoms with van der Waals surface area (Å²) < 4.78 is 6.64. The van der Waals surface area contributed by atoms with Crippen LogP contribution in [0.15, 0.2) is 22.8 Å². The second kappa shape index (κ2) is 10.9. The first-order chi connectivity index (χ1) is 8.83. The molecule has 1 aromatic rings. The monoisotopic (exact) mass is 377 g/mol. The van der Waals surface area contributed by atoms with Crippen LogP contribution >= 0.6 is 31.9 Å². The molecule has 0 radical (unpaired) electrons. The standard InChI is InChI=1S/C14H21Br2NO/c15-9-3-1-2-4-10-18-11-5-6-14-8-7-13(16)12-17-14/h7-8,12H,1-6,9-11H2. The molecule has 0 saturated heterocycles. The van der Waals surface area contributed by atoms with Crippen LogP contribution in [-0.4, -0.2) is 23.5 Å². The van der Waals surface area contributed by atoms with E-state index in [1.54, 1.807) is 0 Å². The van der Waals surface area contributed by atoms with Gasteiger partial charge in [-0.3, -0.25) is 4.98 Å². The third-order valence-corrected chi connectivity index (χ3v) is 3.71. The number of alkyl halides is 1. The van der Waals surface area contributed by atoms with Gasteiger partial charge in [-0.2, -0.15) is 0 Å². The third kappa shape index (κ3) is 8.22. The Morgan fingerprint density at radius 1 is 1.00 bits per heavy atom. The largest absolute Gasteiger partial charge is 0.381 e. The van der Waals surface area contributed by atoms with Gasteiger partial charge in [-0.25, -0.2) is 0 Å². The average Bonchev–Trinajstić information content (AvgIpc) is 2.39. The summed E-state index contributed by atoms with van der Waals surface area (Å²) in [5.74, 6) is 0. The fraction of sp³-hybridized carbons (Fsp3) is 0.643. The van der Waals surface area contributed by atoms with Gasteiger partial charge in [-0.15, -0.1) is 0 Å². The van der Waals surface area contributed by atoms with Crippen LogP contribution < -0.4 is 0 Å². The number of hydrogen-bond acceptors (Lipinski definition) is 2. The highest BCUT2D eigenvalue weighted by Crippen LogP contribution is 2.08. The molecular formula is C14H21Br2NO. The summed E-state index contributed by atoms with van der Waals surface area (Å²) in [6.45, 7) is 1.74. The Morgan fingerprint density at radius 3 is 2.50 bits per heavy atom. The minimum Gasteiger partial charge on any atom is -0.381 e. The maximum Gasteiger partial charge on any atom is 0.0469 e. The summed E-state index contributed by atoms with van der Waals surface area (Å²) in [5, 5.41) is 1.12. The van der Waals surface area contributed by atoms with E-state index < -0.39 is 0 Å². The summed E-state index contributed by atoms with van der Waals surface area (Å²) in [6, 6.07) is 4.09. The Kier molecular flexibility index (Phi) is 9.80. The fourth-order valence-electron chi connectivity index (χ4n) is 1.66. The Hall–Kier alpha value is 0.0700. The van der Waals surface area contributed by atoms with Crippen molar-refractivity contribution in [3.8, 4) is 0 Å². The highest BCUT2D eigenvalue weighted by molar-refractivity contribution is 9.10. The number of aromatic nitrogens is 1. The summed E-state index contributed by atoms with van der Waals surface area (Å²) in [4.78, 5) is 4.34. The van der Waals surface area contributed by atoms with Gasteiger partial charge in [0.25, 0.3) is 0 Å². The Labute approximate surface area is 127 Å². The fourth-order valence-corrected chi connectivity index (χ4v) is 2.29. The predicted octanol–water partition coefficient (Wildman–Crippen LogP) is 4.75. The van der Waals surface area contributed by atoms with Crippen LogP contribution in [-0.2, 0) is 11.2 Å². The molecule has 0 amide bonds. The van der Waals surface area contributed by atoms with E-state index in [1.165, 1.54) is 25.7 Å². The molecule has 18 heavy (non-hydrogen) atoms. The van der Waals surface area contributed by atoms with E-state index in [2.05, 4.69) is 42.9 Å². The predicted molar refractivity (Wildman–Crippen MR) is 83.3 cm³/mol.